The third kappa shape index (κ3) is 3.98. The number of hydrogen-bond acceptors (Lipinski definition) is 14. The summed E-state index contributed by atoms with van der Waals surface area (Å²) in [6.45, 7) is 0. The lowest BCUT2D eigenvalue weighted by Gasteiger charge is -2.25. The van der Waals surface area contributed by atoms with Gasteiger partial charge in [0.25, 0.3) is 0 Å². The first kappa shape index (κ1) is 33.4. The van der Waals surface area contributed by atoms with Crippen LogP contribution in [-0.4, -0.2) is 73.7 Å². The topological polar surface area (TPSA) is 276 Å². The van der Waals surface area contributed by atoms with Crippen LogP contribution >= 0.6 is 0 Å². The van der Waals surface area contributed by atoms with Crippen LogP contribution in [0.2, 0.25) is 0 Å². The van der Waals surface area contributed by atoms with E-state index < -0.39 is 74.7 Å². The summed E-state index contributed by atoms with van der Waals surface area (Å²) in [5.41, 5.74) is -0.158. The number of phenolic OH excluding ortho intramolecular Hbond substituents is 13. The fourth-order valence-electron chi connectivity index (χ4n) is 8.39. The van der Waals surface area contributed by atoms with Crippen molar-refractivity contribution in [2.75, 3.05) is 0 Å². The van der Waals surface area contributed by atoms with E-state index in [1.807, 2.05) is 0 Å². The highest BCUT2D eigenvalue weighted by Gasteiger charge is 2.38. The molecule has 14 nitrogen and oxygen atoms in total. The van der Waals surface area contributed by atoms with Crippen molar-refractivity contribution in [1.29, 1.82) is 0 Å². The molecule has 9 aromatic rings. The highest BCUT2D eigenvalue weighted by Crippen LogP contribution is 2.60. The average Bonchev–Trinajstić information content (AvgIpc) is 3.60. The molecule has 8 aromatic carbocycles. The van der Waals surface area contributed by atoms with Crippen LogP contribution in [0.15, 0.2) is 71.1 Å². The third-order valence-corrected chi connectivity index (χ3v) is 10.9. The summed E-state index contributed by atoms with van der Waals surface area (Å²) in [5.74, 6) is -12.2. The van der Waals surface area contributed by atoms with Gasteiger partial charge in [0.1, 0.15) is 11.3 Å². The molecule has 57 heavy (non-hydrogen) atoms. The van der Waals surface area contributed by atoms with Gasteiger partial charge in [-0.05, 0) is 61.1 Å². The molecular weight excluding hydrogens is 739 g/mol. The quantitative estimate of drug-likeness (QED) is 0.0405. The van der Waals surface area contributed by atoms with Gasteiger partial charge in [0.2, 0.25) is 41.8 Å². The standard InChI is InChI=1S/C42H24BO14/c44-29-21-17-11-12(19-13-5-1-3-7-15(13)20(16-8-4-2-6-14(16)19)25-31(46)38(53)41(56)39(54)32(25)47)9-10-18(17)57-42(21)26-22-23(29)24-28(35(50)40(55)37(52)30(24)45)43-27(22)34(49)36(51)33(26)48/h1-11,44-56H. The maximum absolute atomic E-state index is 12.2. The number of fused-ring (bicyclic) bond motifs is 8. The van der Waals surface area contributed by atoms with Crippen molar-refractivity contribution in [1.82, 2.24) is 0 Å². The maximum atomic E-state index is 12.2. The van der Waals surface area contributed by atoms with Crippen LogP contribution in [0, 0.1) is 0 Å². The second-order valence-corrected chi connectivity index (χ2v) is 13.7. The highest BCUT2D eigenvalue weighted by atomic mass is 16.4. The first-order chi connectivity index (χ1) is 27.2. The molecule has 0 aliphatic carbocycles. The van der Waals surface area contributed by atoms with E-state index in [0.717, 1.165) is 7.28 Å². The number of phenols is 13. The van der Waals surface area contributed by atoms with Gasteiger partial charge in [0.15, 0.2) is 40.1 Å². The number of aromatic hydroxyl groups is 13. The van der Waals surface area contributed by atoms with Crippen molar-refractivity contribution in [2.24, 2.45) is 0 Å². The molecule has 0 saturated carbocycles. The molecule has 1 aliphatic heterocycles. The Morgan fingerprint density at radius 3 is 1.39 bits per heavy atom. The number of rotatable bonds is 2. The van der Waals surface area contributed by atoms with E-state index in [-0.39, 0.29) is 65.9 Å². The van der Waals surface area contributed by atoms with Gasteiger partial charge in [-0.1, -0.05) is 54.6 Å². The van der Waals surface area contributed by atoms with Gasteiger partial charge in [0.05, 0.1) is 16.3 Å². The predicted octanol–water partition coefficient (Wildman–Crippen LogP) is 6.19. The van der Waals surface area contributed by atoms with Crippen LogP contribution in [0.1, 0.15) is 0 Å². The van der Waals surface area contributed by atoms with Crippen molar-refractivity contribution < 1.29 is 70.8 Å². The molecule has 0 saturated heterocycles. The summed E-state index contributed by atoms with van der Waals surface area (Å²) >= 11 is 0. The highest BCUT2D eigenvalue weighted by molar-refractivity contribution is 6.75. The molecule has 0 fully saturated rings. The molecule has 0 atom stereocenters. The van der Waals surface area contributed by atoms with E-state index in [1.165, 1.54) is 0 Å². The summed E-state index contributed by atoms with van der Waals surface area (Å²) in [6.07, 6.45) is 0. The smallest absolute Gasteiger partial charge is 0.208 e. The minimum absolute atomic E-state index is 0.0462. The Balaban J connectivity index is 1.35. The molecule has 2 heterocycles. The summed E-state index contributed by atoms with van der Waals surface area (Å²) in [4.78, 5) is 0. The first-order valence-corrected chi connectivity index (χ1v) is 17.0. The minimum Gasteiger partial charge on any atom is -0.506 e. The molecule has 13 N–H and O–H groups in total. The zero-order chi connectivity index (χ0) is 40.1. The summed E-state index contributed by atoms with van der Waals surface area (Å²) in [7, 11) is 1.10. The van der Waals surface area contributed by atoms with E-state index >= 15 is 0 Å². The second kappa shape index (κ2) is 10.9. The Bertz CT molecular complexity index is 3280. The molecule has 10 rings (SSSR count). The molecule has 0 spiro atoms. The zero-order valence-corrected chi connectivity index (χ0v) is 28.7. The largest absolute Gasteiger partial charge is 0.506 e. The number of hydrogen-bond donors (Lipinski definition) is 13. The average molecular weight is 763 g/mol. The summed E-state index contributed by atoms with van der Waals surface area (Å²) in [5, 5.41) is 143. The van der Waals surface area contributed by atoms with Gasteiger partial charge in [-0.25, -0.2) is 0 Å². The van der Waals surface area contributed by atoms with Crippen LogP contribution in [-0.2, 0) is 0 Å². The SMILES string of the molecule is Oc1c(O)c(O)c(-c2c3ccccc3c(-c3ccc4oc5c6c(O)c(O)c(O)c7c6c(c(O)c5c4c3)-c3c(O)c(O)c(O)c(O)c3[B]7)c3ccccc23)c(O)c1O. The van der Waals surface area contributed by atoms with Crippen molar-refractivity contribution in [3.63, 3.8) is 0 Å². The Labute approximate surface area is 317 Å². The van der Waals surface area contributed by atoms with Gasteiger partial charge in [-0.15, -0.1) is 0 Å². The van der Waals surface area contributed by atoms with Crippen LogP contribution < -0.4 is 10.9 Å². The number of furan rings is 1. The molecule has 1 aliphatic rings. The van der Waals surface area contributed by atoms with Crippen molar-refractivity contribution in [3.8, 4) is 108 Å². The van der Waals surface area contributed by atoms with E-state index in [1.54, 1.807) is 66.7 Å². The van der Waals surface area contributed by atoms with Crippen molar-refractivity contribution in [2.45, 2.75) is 0 Å². The molecule has 15 heteroatoms. The Morgan fingerprint density at radius 2 is 0.807 bits per heavy atom. The normalized spacial score (nSPS) is 12.2. The Morgan fingerprint density at radius 1 is 0.333 bits per heavy atom. The molecule has 0 unspecified atom stereocenters. The van der Waals surface area contributed by atoms with Crippen LogP contribution in [0.4, 0.5) is 0 Å². The Kier molecular flexibility index (Phi) is 6.41. The molecule has 1 aromatic heterocycles. The van der Waals surface area contributed by atoms with Crippen LogP contribution in [0.3, 0.4) is 0 Å². The van der Waals surface area contributed by atoms with Gasteiger partial charge >= 0.3 is 0 Å². The minimum atomic E-state index is -1.11. The van der Waals surface area contributed by atoms with E-state index in [9.17, 15) is 66.4 Å². The Hall–Kier alpha value is -8.20. The predicted molar refractivity (Wildman–Crippen MR) is 209 cm³/mol. The first-order valence-electron chi connectivity index (χ1n) is 17.0. The van der Waals surface area contributed by atoms with Gasteiger partial charge in [-0.2, -0.15) is 0 Å². The fourth-order valence-corrected chi connectivity index (χ4v) is 8.39. The zero-order valence-electron chi connectivity index (χ0n) is 28.7. The van der Waals surface area contributed by atoms with Crippen LogP contribution in [0.5, 0.6) is 74.7 Å². The molecule has 279 valence electrons. The summed E-state index contributed by atoms with van der Waals surface area (Å²) < 4.78 is 6.24. The number of benzene rings is 8. The third-order valence-electron chi connectivity index (χ3n) is 10.9. The van der Waals surface area contributed by atoms with E-state index in [2.05, 4.69) is 0 Å². The summed E-state index contributed by atoms with van der Waals surface area (Å²) in [6, 6.07) is 18.8. The molecule has 0 amide bonds. The molecule has 1 radical (unpaired) electrons. The lowest BCUT2D eigenvalue weighted by molar-refractivity contribution is 0.330. The lowest BCUT2D eigenvalue weighted by atomic mass is 9.55. The fraction of sp³-hybridized carbons (Fsp3) is 0. The maximum Gasteiger partial charge on any atom is 0.208 e. The van der Waals surface area contributed by atoms with Gasteiger partial charge < -0.3 is 70.8 Å². The molecule has 0 bridgehead atoms. The van der Waals surface area contributed by atoms with Crippen molar-refractivity contribution >= 4 is 72.5 Å². The lowest BCUT2D eigenvalue weighted by Crippen LogP contribution is -2.34. The van der Waals surface area contributed by atoms with Gasteiger partial charge in [-0.3, -0.25) is 0 Å². The van der Waals surface area contributed by atoms with Crippen LogP contribution in [0.25, 0.3) is 87.6 Å². The van der Waals surface area contributed by atoms with E-state index in [4.69, 9.17) is 4.42 Å². The second-order valence-electron chi connectivity index (χ2n) is 13.7. The van der Waals surface area contributed by atoms with Gasteiger partial charge in [0, 0.05) is 22.1 Å². The van der Waals surface area contributed by atoms with Crippen molar-refractivity contribution in [3.05, 3.63) is 66.7 Å². The van der Waals surface area contributed by atoms with E-state index in [0.29, 0.717) is 32.7 Å². The molecular formula is C42H24BO14. The monoisotopic (exact) mass is 763 g/mol.